The number of unbranched alkanes of at least 4 members (excludes halogenated alkanes) is 1. The summed E-state index contributed by atoms with van der Waals surface area (Å²) in [5, 5.41) is 11.8. The van der Waals surface area contributed by atoms with E-state index >= 15 is 0 Å². The summed E-state index contributed by atoms with van der Waals surface area (Å²) in [6, 6.07) is 12.5. The second-order valence-corrected chi connectivity index (χ2v) is 9.08. The van der Waals surface area contributed by atoms with Crippen LogP contribution in [-0.2, 0) is 9.53 Å². The number of hydrogen-bond donors (Lipinski definition) is 0. The summed E-state index contributed by atoms with van der Waals surface area (Å²) in [4.78, 5) is 30.8. The maximum atomic E-state index is 12.5. The predicted octanol–water partition coefficient (Wildman–Crippen LogP) is 5.10. The smallest absolute Gasteiger partial charge is 0.270 e. The summed E-state index contributed by atoms with van der Waals surface area (Å²) in [5.41, 5.74) is 2.71. The number of nitro benzene ring substituents is 1. The minimum absolute atomic E-state index is 0.00372. The van der Waals surface area contributed by atoms with Gasteiger partial charge in [-0.05, 0) is 25.0 Å². The van der Waals surface area contributed by atoms with E-state index in [2.05, 4.69) is 18.0 Å². The number of rotatable bonds is 10. The molecule has 1 amide bonds. The van der Waals surface area contributed by atoms with Crippen LogP contribution in [0.15, 0.2) is 52.4 Å². The molecule has 3 rings (SSSR count). The van der Waals surface area contributed by atoms with Crippen molar-refractivity contribution >= 4 is 34.8 Å². The number of aliphatic imine (C=N–C) groups is 1. The number of thioether (sulfide) groups is 1. The minimum atomic E-state index is -0.420. The van der Waals surface area contributed by atoms with Crippen LogP contribution in [0.3, 0.4) is 0 Å². The third kappa shape index (κ3) is 5.55. The maximum Gasteiger partial charge on any atom is 0.270 e. The number of nitrogens with zero attached hydrogens (tertiary/aromatic N) is 3. The van der Waals surface area contributed by atoms with Gasteiger partial charge in [-0.25, -0.2) is 0 Å². The number of non-ortho nitro benzene ring substituents is 1. The highest BCUT2D eigenvalue weighted by molar-refractivity contribution is 8.00. The van der Waals surface area contributed by atoms with Gasteiger partial charge in [0.05, 0.1) is 16.3 Å². The molecule has 2 aromatic rings. The number of ether oxygens (including phenoxy) is 1. The number of fused-ring (bicyclic) bond motifs is 1. The van der Waals surface area contributed by atoms with Crippen LogP contribution in [0.4, 0.5) is 11.4 Å². The van der Waals surface area contributed by atoms with Gasteiger partial charge in [0.25, 0.3) is 5.69 Å². The first-order valence-electron chi connectivity index (χ1n) is 10.8. The first-order valence-corrected chi connectivity index (χ1v) is 11.7. The number of methoxy groups -OCH3 is 1. The highest BCUT2D eigenvalue weighted by Gasteiger charge is 2.26. The van der Waals surface area contributed by atoms with Gasteiger partial charge in [-0.15, -0.1) is 11.8 Å². The first kappa shape index (κ1) is 23.9. The topological polar surface area (TPSA) is 85.0 Å². The highest BCUT2D eigenvalue weighted by atomic mass is 32.2. The van der Waals surface area contributed by atoms with Crippen LogP contribution >= 0.6 is 11.8 Å². The largest absolute Gasteiger partial charge is 0.385 e. The number of benzene rings is 2. The molecule has 0 saturated heterocycles. The molecule has 32 heavy (non-hydrogen) atoms. The van der Waals surface area contributed by atoms with E-state index in [9.17, 15) is 14.9 Å². The van der Waals surface area contributed by atoms with Crippen molar-refractivity contribution in [3.05, 3.63) is 63.7 Å². The second-order valence-electron chi connectivity index (χ2n) is 7.74. The van der Waals surface area contributed by atoms with E-state index < -0.39 is 4.92 Å². The molecule has 0 fully saturated rings. The van der Waals surface area contributed by atoms with Crippen LogP contribution in [0.2, 0.25) is 0 Å². The van der Waals surface area contributed by atoms with Crippen molar-refractivity contribution < 1.29 is 14.5 Å². The van der Waals surface area contributed by atoms with Gasteiger partial charge in [-0.1, -0.05) is 38.0 Å². The molecule has 0 N–H and O–H groups in total. The molecule has 8 heteroatoms. The molecule has 1 atom stereocenters. The van der Waals surface area contributed by atoms with Crippen molar-refractivity contribution in [1.82, 2.24) is 0 Å². The molecule has 0 aromatic heterocycles. The van der Waals surface area contributed by atoms with Crippen molar-refractivity contribution in [2.24, 2.45) is 4.99 Å². The lowest BCUT2D eigenvalue weighted by molar-refractivity contribution is -0.384. The van der Waals surface area contributed by atoms with Gasteiger partial charge in [-0.2, -0.15) is 0 Å². The molecule has 0 aliphatic carbocycles. The summed E-state index contributed by atoms with van der Waals surface area (Å²) in [7, 11) is 3.39. The van der Waals surface area contributed by atoms with Crippen LogP contribution in [0.1, 0.15) is 43.7 Å². The molecule has 0 saturated carbocycles. The monoisotopic (exact) mass is 455 g/mol. The fraction of sp³-hybridized carbons (Fsp3) is 0.417. The van der Waals surface area contributed by atoms with Gasteiger partial charge in [0.15, 0.2) is 0 Å². The quantitative estimate of drug-likeness (QED) is 0.283. The van der Waals surface area contributed by atoms with Gasteiger partial charge in [0, 0.05) is 54.2 Å². The number of amides is 1. The van der Waals surface area contributed by atoms with E-state index in [0.717, 1.165) is 36.1 Å². The third-order valence-electron chi connectivity index (χ3n) is 5.51. The van der Waals surface area contributed by atoms with Crippen LogP contribution in [-0.4, -0.2) is 49.1 Å². The molecule has 2 aromatic carbocycles. The Morgan fingerprint density at radius 3 is 2.72 bits per heavy atom. The zero-order valence-corrected chi connectivity index (χ0v) is 19.6. The molecule has 1 aliphatic heterocycles. The van der Waals surface area contributed by atoms with Crippen molar-refractivity contribution in [2.75, 3.05) is 32.2 Å². The lowest BCUT2D eigenvalue weighted by Crippen LogP contribution is -2.27. The van der Waals surface area contributed by atoms with Crippen LogP contribution < -0.4 is 4.90 Å². The van der Waals surface area contributed by atoms with Gasteiger partial charge in [-0.3, -0.25) is 19.9 Å². The molecule has 0 radical (unpaired) electrons. The average molecular weight is 456 g/mol. The zero-order chi connectivity index (χ0) is 23.1. The van der Waals surface area contributed by atoms with Gasteiger partial charge in [0.1, 0.15) is 6.54 Å². The minimum Gasteiger partial charge on any atom is -0.385 e. The Morgan fingerprint density at radius 2 is 2.00 bits per heavy atom. The normalized spacial score (nSPS) is 14.5. The standard InChI is InChI=1S/C24H29N3O4S/c1-4-5-8-18(13-14-31-3)32-22-10-7-6-9-19(22)24-20-15-17(27(29)30)11-12-21(20)26(2)23(28)16-25-24/h6-7,9-12,15,18H,4-5,8,13-14,16H2,1-3H3. The summed E-state index contributed by atoms with van der Waals surface area (Å²) < 4.78 is 5.31. The molecule has 1 aliphatic rings. The SMILES string of the molecule is CCCCC(CCOC)Sc1ccccc1C1=NCC(=O)N(C)c2ccc([N+](=O)[O-])cc21. The van der Waals surface area contributed by atoms with Crippen LogP contribution in [0.5, 0.6) is 0 Å². The molecular formula is C24H29N3O4S. The number of nitro groups is 1. The summed E-state index contributed by atoms with van der Waals surface area (Å²) >= 11 is 1.79. The van der Waals surface area contributed by atoms with E-state index in [4.69, 9.17) is 4.74 Å². The Balaban J connectivity index is 2.06. The Hall–Kier alpha value is -2.71. The average Bonchev–Trinajstić information content (AvgIpc) is 2.92. The Bertz CT molecular complexity index is 1000. The number of anilines is 1. The third-order valence-corrected chi connectivity index (χ3v) is 6.93. The van der Waals surface area contributed by atoms with E-state index in [1.54, 1.807) is 32.0 Å². The molecule has 7 nitrogen and oxygen atoms in total. The van der Waals surface area contributed by atoms with E-state index in [1.807, 2.05) is 18.2 Å². The van der Waals surface area contributed by atoms with Crippen LogP contribution in [0, 0.1) is 10.1 Å². The van der Waals surface area contributed by atoms with Crippen molar-refractivity contribution in [3.63, 3.8) is 0 Å². The number of hydrogen-bond acceptors (Lipinski definition) is 6. The fourth-order valence-electron chi connectivity index (χ4n) is 3.71. The lowest BCUT2D eigenvalue weighted by atomic mass is 9.99. The predicted molar refractivity (Wildman–Crippen MR) is 129 cm³/mol. The van der Waals surface area contributed by atoms with Crippen molar-refractivity contribution in [3.8, 4) is 0 Å². The lowest BCUT2D eigenvalue weighted by Gasteiger charge is -2.20. The van der Waals surface area contributed by atoms with Crippen LogP contribution in [0.25, 0.3) is 0 Å². The summed E-state index contributed by atoms with van der Waals surface area (Å²) in [5.74, 6) is -0.152. The highest BCUT2D eigenvalue weighted by Crippen LogP contribution is 2.36. The molecular weight excluding hydrogens is 426 g/mol. The van der Waals surface area contributed by atoms with Crippen molar-refractivity contribution in [1.29, 1.82) is 0 Å². The number of benzodiazepines with no additional fused rings is 1. The molecule has 1 unspecified atom stereocenters. The number of likely N-dealkylation sites (N-methyl/N-ethyl adjacent to an activating group) is 1. The zero-order valence-electron chi connectivity index (χ0n) is 18.7. The van der Waals surface area contributed by atoms with Gasteiger partial charge < -0.3 is 9.64 Å². The number of carbonyl (C=O) groups excluding carboxylic acids is 1. The van der Waals surface area contributed by atoms with E-state index in [0.29, 0.717) is 28.8 Å². The summed E-state index contributed by atoms with van der Waals surface area (Å²) in [6.45, 7) is 2.87. The Labute approximate surface area is 193 Å². The van der Waals surface area contributed by atoms with Gasteiger partial charge >= 0.3 is 0 Å². The Morgan fingerprint density at radius 1 is 1.22 bits per heavy atom. The molecule has 0 spiro atoms. The molecule has 1 heterocycles. The summed E-state index contributed by atoms with van der Waals surface area (Å²) in [6.07, 6.45) is 4.28. The first-order chi connectivity index (χ1) is 15.5. The van der Waals surface area contributed by atoms with Crippen molar-refractivity contribution in [2.45, 2.75) is 42.8 Å². The Kier molecular flexibility index (Phi) is 8.41. The molecule has 170 valence electrons. The van der Waals surface area contributed by atoms with Gasteiger partial charge in [0.2, 0.25) is 5.91 Å². The van der Waals surface area contributed by atoms with E-state index in [-0.39, 0.29) is 18.1 Å². The second kappa shape index (κ2) is 11.2. The number of carbonyl (C=O) groups is 1. The maximum absolute atomic E-state index is 12.5. The van der Waals surface area contributed by atoms with E-state index in [1.165, 1.54) is 17.0 Å². The fourth-order valence-corrected chi connectivity index (χ4v) is 5.02. The molecule has 0 bridgehead atoms.